The van der Waals surface area contributed by atoms with Crippen molar-refractivity contribution in [1.82, 2.24) is 19.2 Å². The summed E-state index contributed by atoms with van der Waals surface area (Å²) >= 11 is 3.58. The smallest absolute Gasteiger partial charge is 0.405 e. The van der Waals surface area contributed by atoms with Crippen LogP contribution in [0.4, 0.5) is 10.5 Å². The molecule has 2 saturated carbocycles. The van der Waals surface area contributed by atoms with Crippen LogP contribution in [0, 0.1) is 23.2 Å². The van der Waals surface area contributed by atoms with Gasteiger partial charge in [-0.1, -0.05) is 53.4 Å². The molecule has 5 rings (SSSR count). The third-order valence-electron chi connectivity index (χ3n) is 8.72. The van der Waals surface area contributed by atoms with Crippen LogP contribution in [-0.2, 0) is 9.53 Å². The molecule has 2 aliphatic rings. The zero-order valence-corrected chi connectivity index (χ0v) is 25.3. The Balaban J connectivity index is 1.49. The van der Waals surface area contributed by atoms with Gasteiger partial charge in [0, 0.05) is 28.2 Å². The zero-order valence-electron chi connectivity index (χ0n) is 23.7. The second-order valence-corrected chi connectivity index (χ2v) is 13.5. The van der Waals surface area contributed by atoms with Crippen LogP contribution in [0.5, 0.6) is 0 Å². The lowest BCUT2D eigenvalue weighted by Gasteiger charge is -2.50. The largest absolute Gasteiger partial charge is 0.435 e. The second-order valence-electron chi connectivity index (χ2n) is 12.6. The maximum absolute atomic E-state index is 12.7. The molecule has 0 radical (unpaired) electrons. The molecule has 214 valence electrons. The van der Waals surface area contributed by atoms with Crippen molar-refractivity contribution in [2.24, 2.45) is 28.9 Å². The number of amides is 1. The van der Waals surface area contributed by atoms with Gasteiger partial charge in [-0.05, 0) is 59.2 Å². The van der Waals surface area contributed by atoms with Crippen molar-refractivity contribution in [3.63, 3.8) is 0 Å². The minimum atomic E-state index is -1.26. The molecule has 0 aromatic carbocycles. The van der Waals surface area contributed by atoms with E-state index in [1.165, 1.54) is 12.8 Å². The van der Waals surface area contributed by atoms with Crippen molar-refractivity contribution < 1.29 is 14.3 Å². The summed E-state index contributed by atoms with van der Waals surface area (Å²) in [4.78, 5) is 29.6. The number of halogens is 1. The van der Waals surface area contributed by atoms with Gasteiger partial charge in [0.25, 0.3) is 0 Å². The maximum Gasteiger partial charge on any atom is 0.405 e. The van der Waals surface area contributed by atoms with E-state index < -0.39 is 17.1 Å². The monoisotopic (exact) mass is 610 g/mol. The number of carbonyl (C=O) groups excluding carboxylic acids is 2. The van der Waals surface area contributed by atoms with Crippen molar-refractivity contribution in [3.05, 3.63) is 52.8 Å². The summed E-state index contributed by atoms with van der Waals surface area (Å²) in [5.41, 5.74) is 6.47. The Kier molecular flexibility index (Phi) is 7.86. The van der Waals surface area contributed by atoms with Gasteiger partial charge in [0.05, 0.1) is 29.8 Å². The maximum atomic E-state index is 12.7. The van der Waals surface area contributed by atoms with Crippen molar-refractivity contribution >= 4 is 39.3 Å². The fraction of sp³-hybridized carbons (Fsp3) is 0.567. The van der Waals surface area contributed by atoms with Crippen LogP contribution >= 0.6 is 15.9 Å². The summed E-state index contributed by atoms with van der Waals surface area (Å²) < 4.78 is 11.0. The Morgan fingerprint density at radius 1 is 1.18 bits per heavy atom. The Morgan fingerprint density at radius 2 is 1.90 bits per heavy atom. The lowest BCUT2D eigenvalue weighted by Crippen LogP contribution is -2.57. The van der Waals surface area contributed by atoms with Crippen molar-refractivity contribution in [2.75, 3.05) is 5.32 Å². The van der Waals surface area contributed by atoms with Crippen LogP contribution < -0.4 is 11.1 Å². The van der Waals surface area contributed by atoms with Crippen molar-refractivity contribution in [2.45, 2.75) is 84.3 Å². The molecular weight excluding hydrogens is 572 g/mol. The quantitative estimate of drug-likeness (QED) is 0.266. The number of ether oxygens (including phenoxy) is 1. The molecule has 40 heavy (non-hydrogen) atoms. The van der Waals surface area contributed by atoms with Gasteiger partial charge in [0.1, 0.15) is 17.3 Å². The van der Waals surface area contributed by atoms with E-state index in [0.29, 0.717) is 17.5 Å². The van der Waals surface area contributed by atoms with Gasteiger partial charge in [-0.3, -0.25) is 4.68 Å². The predicted molar refractivity (Wildman–Crippen MR) is 157 cm³/mol. The van der Waals surface area contributed by atoms with E-state index in [9.17, 15) is 9.59 Å². The van der Waals surface area contributed by atoms with Crippen molar-refractivity contribution in [1.29, 1.82) is 0 Å². The van der Waals surface area contributed by atoms with Crippen LogP contribution in [0.1, 0.15) is 84.4 Å². The van der Waals surface area contributed by atoms with Crippen LogP contribution in [-0.4, -0.2) is 36.8 Å². The molecular formula is C30H39BrN6O3. The summed E-state index contributed by atoms with van der Waals surface area (Å²) in [6.07, 6.45) is 13.6. The zero-order chi connectivity index (χ0) is 28.7. The summed E-state index contributed by atoms with van der Waals surface area (Å²) in [5, 5.41) is 8.00. The number of primary amides is 1. The number of rotatable bonds is 9. The molecule has 1 unspecified atom stereocenters. The predicted octanol–water partition coefficient (Wildman–Crippen LogP) is 6.52. The number of anilines is 1. The molecule has 0 saturated heterocycles. The van der Waals surface area contributed by atoms with E-state index in [4.69, 9.17) is 15.6 Å². The third-order valence-corrected chi connectivity index (χ3v) is 9.19. The Hall–Kier alpha value is -3.10. The number of nitrogens with one attached hydrogen (secondary N) is 1. The minimum Gasteiger partial charge on any atom is -0.435 e. The summed E-state index contributed by atoms with van der Waals surface area (Å²) in [5.74, 6) is 3.27. The van der Waals surface area contributed by atoms with Gasteiger partial charge in [-0.2, -0.15) is 5.10 Å². The fourth-order valence-corrected chi connectivity index (χ4v) is 6.81. The molecule has 3 N–H and O–H groups in total. The van der Waals surface area contributed by atoms with Crippen LogP contribution in [0.25, 0.3) is 5.65 Å². The second kappa shape index (κ2) is 11.1. The highest BCUT2D eigenvalue weighted by molar-refractivity contribution is 9.10. The first kappa shape index (κ1) is 28.4. The summed E-state index contributed by atoms with van der Waals surface area (Å²) in [6.45, 7) is 8.16. The lowest BCUT2D eigenvalue weighted by molar-refractivity contribution is -0.0888. The topological polar surface area (TPSA) is 117 Å². The first-order valence-corrected chi connectivity index (χ1v) is 15.0. The minimum absolute atomic E-state index is 0.0370. The number of nitrogens with zero attached hydrogens (tertiary/aromatic N) is 4. The van der Waals surface area contributed by atoms with Crippen LogP contribution in [0.3, 0.4) is 0 Å². The fourth-order valence-electron chi connectivity index (χ4n) is 6.47. The van der Waals surface area contributed by atoms with Gasteiger partial charge in [-0.25, -0.2) is 14.6 Å². The van der Waals surface area contributed by atoms with E-state index in [1.54, 1.807) is 6.20 Å². The number of hydrogen-bond acceptors (Lipinski definition) is 6. The van der Waals surface area contributed by atoms with Crippen molar-refractivity contribution in [3.8, 4) is 0 Å². The first-order valence-electron chi connectivity index (χ1n) is 14.2. The van der Waals surface area contributed by atoms with E-state index >= 15 is 0 Å². The average molecular weight is 612 g/mol. The summed E-state index contributed by atoms with van der Waals surface area (Å²) in [7, 11) is 0. The average Bonchev–Trinajstić information content (AvgIpc) is 3.44. The number of hydrogen-bond donors (Lipinski definition) is 2. The first-order chi connectivity index (χ1) is 19.0. The molecule has 2 aliphatic carbocycles. The Bertz CT molecular complexity index is 1420. The molecule has 3 aromatic heterocycles. The third kappa shape index (κ3) is 5.56. The van der Waals surface area contributed by atoms with Crippen LogP contribution in [0.2, 0.25) is 0 Å². The van der Waals surface area contributed by atoms with E-state index in [1.807, 2.05) is 56.2 Å². The molecule has 2 fully saturated rings. The van der Waals surface area contributed by atoms with Gasteiger partial charge in [0.15, 0.2) is 5.60 Å². The molecule has 0 spiro atoms. The summed E-state index contributed by atoms with van der Waals surface area (Å²) in [6, 6.07) is 3.93. The lowest BCUT2D eigenvalue weighted by atomic mass is 9.62. The van der Waals surface area contributed by atoms with Gasteiger partial charge < -0.3 is 20.2 Å². The Morgan fingerprint density at radius 3 is 2.52 bits per heavy atom. The van der Waals surface area contributed by atoms with Crippen LogP contribution in [0.15, 0.2) is 47.1 Å². The SMILES string of the molecule is CC1CCC([C@@](OC(N)=O)(C(=C=O)Nc2cnn(C(CC3CC3)c3cnc4ccc(Br)cn34)c2)C(C)(C)C)CC1. The van der Waals surface area contributed by atoms with Gasteiger partial charge in [0.2, 0.25) is 0 Å². The molecule has 9 nitrogen and oxygen atoms in total. The number of aromatic nitrogens is 4. The number of fused-ring (bicyclic) bond motifs is 1. The molecule has 3 aromatic rings. The molecule has 1 amide bonds. The molecule has 3 heterocycles. The molecule has 2 atom stereocenters. The highest BCUT2D eigenvalue weighted by atomic mass is 79.9. The molecule has 10 heteroatoms. The van der Waals surface area contributed by atoms with Gasteiger partial charge >= 0.3 is 6.09 Å². The highest BCUT2D eigenvalue weighted by Crippen LogP contribution is 2.50. The molecule has 0 bridgehead atoms. The normalized spacial score (nSPS) is 21.8. The molecule has 0 aliphatic heterocycles. The standard InChI is InChI=1S/C30H39BrN6O3/c1-19-5-9-21(10-6-19)30(29(2,3)4,40-28(32)39)26(18-38)35-23-14-34-37(17-23)24(13-20-7-8-20)25-15-33-27-12-11-22(31)16-36(25)27/h11-12,14-17,19-21,24,35H,5-10,13H2,1-4H3,(H2,32,39)/t19?,21?,24?,30-/m1/s1. The number of pyridine rings is 1. The van der Waals surface area contributed by atoms with E-state index in [2.05, 4.69) is 43.5 Å². The highest BCUT2D eigenvalue weighted by Gasteiger charge is 2.56. The van der Waals surface area contributed by atoms with Gasteiger partial charge in [-0.15, -0.1) is 0 Å². The number of nitrogens with two attached hydrogens (primary N) is 1. The number of carbonyl (C=O) groups is 1. The van der Waals surface area contributed by atoms with E-state index in [-0.39, 0.29) is 17.7 Å². The van der Waals surface area contributed by atoms with E-state index in [0.717, 1.165) is 47.9 Å². The number of imidazole rings is 1. The Labute approximate surface area is 243 Å².